The molecule has 104 valence electrons. The van der Waals surface area contributed by atoms with Crippen molar-refractivity contribution in [3.63, 3.8) is 0 Å². The molecular formula is C13H11IN2O4. The second-order valence-corrected chi connectivity index (χ2v) is 5.12. The molecule has 2 aromatic rings. The number of rotatable bonds is 4. The van der Waals surface area contributed by atoms with Crippen LogP contribution in [0.4, 0.5) is 0 Å². The fourth-order valence-corrected chi connectivity index (χ4v) is 2.10. The van der Waals surface area contributed by atoms with Gasteiger partial charge < -0.3 is 14.4 Å². The molecule has 0 spiro atoms. The monoisotopic (exact) mass is 386 g/mol. The van der Waals surface area contributed by atoms with E-state index in [0.29, 0.717) is 6.54 Å². The van der Waals surface area contributed by atoms with E-state index in [-0.39, 0.29) is 17.2 Å². The zero-order valence-corrected chi connectivity index (χ0v) is 12.7. The number of hydrogen-bond donors (Lipinski definition) is 1. The first kappa shape index (κ1) is 14.5. The van der Waals surface area contributed by atoms with Crippen molar-refractivity contribution in [1.82, 2.24) is 9.55 Å². The lowest BCUT2D eigenvalue weighted by Gasteiger charge is -2.09. The molecule has 0 amide bonds. The molecule has 0 atom stereocenters. The summed E-state index contributed by atoms with van der Waals surface area (Å²) in [6.07, 6.45) is 2.98. The van der Waals surface area contributed by atoms with E-state index in [9.17, 15) is 9.59 Å². The predicted octanol–water partition coefficient (Wildman–Crippen LogP) is 2.36. The number of carbonyl (C=O) groups is 1. The first-order valence-corrected chi connectivity index (χ1v) is 6.87. The molecule has 0 radical (unpaired) electrons. The fourth-order valence-electron chi connectivity index (χ4n) is 1.61. The van der Waals surface area contributed by atoms with Crippen LogP contribution in [0.2, 0.25) is 0 Å². The average molecular weight is 386 g/mol. The number of carboxylic acid groups (broad SMARTS) is 1. The molecule has 0 unspecified atom stereocenters. The molecule has 2 rings (SSSR count). The lowest BCUT2D eigenvalue weighted by Crippen LogP contribution is -2.21. The van der Waals surface area contributed by atoms with Crippen LogP contribution in [0.15, 0.2) is 35.4 Å². The lowest BCUT2D eigenvalue weighted by atomic mass is 10.2. The van der Waals surface area contributed by atoms with Gasteiger partial charge in [-0.3, -0.25) is 4.79 Å². The maximum Gasteiger partial charge on any atom is 0.339 e. The van der Waals surface area contributed by atoms with Crippen molar-refractivity contribution in [2.45, 2.75) is 13.5 Å². The Morgan fingerprint density at radius 1 is 1.50 bits per heavy atom. The summed E-state index contributed by atoms with van der Waals surface area (Å²) in [4.78, 5) is 27.0. The third-order valence-corrected chi connectivity index (χ3v) is 3.27. The highest BCUT2D eigenvalue weighted by atomic mass is 127. The SMILES string of the molecule is CCn1ccnc(Oc2ccc(I)cc2C(=O)O)c1=O. The quantitative estimate of drug-likeness (QED) is 0.817. The van der Waals surface area contributed by atoms with Crippen molar-refractivity contribution < 1.29 is 14.6 Å². The second kappa shape index (κ2) is 6.04. The smallest absolute Gasteiger partial charge is 0.339 e. The van der Waals surface area contributed by atoms with Gasteiger partial charge in [-0.2, -0.15) is 0 Å². The van der Waals surface area contributed by atoms with E-state index in [0.717, 1.165) is 3.57 Å². The van der Waals surface area contributed by atoms with E-state index in [1.807, 2.05) is 29.5 Å². The van der Waals surface area contributed by atoms with Gasteiger partial charge in [0, 0.05) is 22.5 Å². The van der Waals surface area contributed by atoms with Gasteiger partial charge in [0.15, 0.2) is 0 Å². The topological polar surface area (TPSA) is 81.4 Å². The zero-order valence-electron chi connectivity index (χ0n) is 10.5. The van der Waals surface area contributed by atoms with Crippen molar-refractivity contribution in [2.24, 2.45) is 0 Å². The zero-order chi connectivity index (χ0) is 14.7. The van der Waals surface area contributed by atoms with Crippen molar-refractivity contribution in [2.75, 3.05) is 0 Å². The second-order valence-electron chi connectivity index (χ2n) is 3.87. The van der Waals surface area contributed by atoms with Crippen LogP contribution in [-0.4, -0.2) is 20.6 Å². The van der Waals surface area contributed by atoms with Crippen molar-refractivity contribution in [1.29, 1.82) is 0 Å². The summed E-state index contributed by atoms with van der Waals surface area (Å²) in [5.41, 5.74) is -0.408. The molecule has 0 aliphatic heterocycles. The number of aromatic carboxylic acids is 1. The Kier molecular flexibility index (Phi) is 4.38. The molecule has 1 heterocycles. The van der Waals surface area contributed by atoms with Crippen LogP contribution in [0.3, 0.4) is 0 Å². The Bertz CT molecular complexity index is 712. The van der Waals surface area contributed by atoms with E-state index < -0.39 is 11.5 Å². The molecule has 0 bridgehead atoms. The van der Waals surface area contributed by atoms with Gasteiger partial charge in [0.05, 0.1) is 0 Å². The Morgan fingerprint density at radius 3 is 2.90 bits per heavy atom. The van der Waals surface area contributed by atoms with Crippen molar-refractivity contribution in [3.05, 3.63) is 50.1 Å². The molecule has 0 aliphatic rings. The van der Waals surface area contributed by atoms with Gasteiger partial charge in [0.1, 0.15) is 11.3 Å². The highest BCUT2D eigenvalue weighted by Crippen LogP contribution is 2.24. The van der Waals surface area contributed by atoms with E-state index >= 15 is 0 Å². The first-order chi connectivity index (χ1) is 9.52. The maximum absolute atomic E-state index is 12.0. The Hall–Kier alpha value is -1.90. The van der Waals surface area contributed by atoms with E-state index in [1.165, 1.54) is 22.9 Å². The number of carboxylic acids is 1. The van der Waals surface area contributed by atoms with Crippen molar-refractivity contribution >= 4 is 28.6 Å². The van der Waals surface area contributed by atoms with Crippen LogP contribution >= 0.6 is 22.6 Å². The van der Waals surface area contributed by atoms with Crippen LogP contribution in [0.25, 0.3) is 0 Å². The highest BCUT2D eigenvalue weighted by Gasteiger charge is 2.15. The van der Waals surface area contributed by atoms with Crippen LogP contribution in [0.5, 0.6) is 11.6 Å². The Labute approximate surface area is 128 Å². The average Bonchev–Trinajstić information content (AvgIpc) is 2.42. The van der Waals surface area contributed by atoms with Crippen LogP contribution in [0.1, 0.15) is 17.3 Å². The van der Waals surface area contributed by atoms with Crippen LogP contribution in [-0.2, 0) is 6.54 Å². The summed E-state index contributed by atoms with van der Waals surface area (Å²) in [5, 5.41) is 9.15. The number of hydrogen-bond acceptors (Lipinski definition) is 4. The van der Waals surface area contributed by atoms with Crippen LogP contribution in [0, 0.1) is 3.57 Å². The van der Waals surface area contributed by atoms with Gasteiger partial charge in [-0.25, -0.2) is 9.78 Å². The van der Waals surface area contributed by atoms with E-state index in [4.69, 9.17) is 9.84 Å². The molecule has 1 N–H and O–H groups in total. The minimum absolute atomic E-state index is 0.00926. The predicted molar refractivity (Wildman–Crippen MR) is 80.4 cm³/mol. The third kappa shape index (κ3) is 2.98. The van der Waals surface area contributed by atoms with E-state index in [1.54, 1.807) is 12.3 Å². The summed E-state index contributed by atoms with van der Waals surface area (Å²) in [5.74, 6) is -1.17. The van der Waals surface area contributed by atoms with Gasteiger partial charge in [0.25, 0.3) is 5.88 Å². The molecule has 1 aromatic heterocycles. The number of benzene rings is 1. The van der Waals surface area contributed by atoms with Gasteiger partial charge >= 0.3 is 11.5 Å². The van der Waals surface area contributed by atoms with Crippen molar-refractivity contribution in [3.8, 4) is 11.6 Å². The summed E-state index contributed by atoms with van der Waals surface area (Å²) in [7, 11) is 0. The number of ether oxygens (including phenoxy) is 1. The molecule has 7 heteroatoms. The largest absolute Gasteiger partial charge is 0.478 e. The summed E-state index contributed by atoms with van der Waals surface area (Å²) in [6, 6.07) is 4.68. The molecule has 20 heavy (non-hydrogen) atoms. The third-order valence-electron chi connectivity index (χ3n) is 2.60. The van der Waals surface area contributed by atoms with Gasteiger partial charge in [0.2, 0.25) is 0 Å². The Morgan fingerprint density at radius 2 is 2.25 bits per heavy atom. The molecular weight excluding hydrogens is 375 g/mol. The molecule has 0 saturated carbocycles. The summed E-state index contributed by atoms with van der Waals surface area (Å²) >= 11 is 2.00. The van der Waals surface area contributed by atoms with E-state index in [2.05, 4.69) is 4.98 Å². The number of aryl methyl sites for hydroxylation is 1. The Balaban J connectivity index is 2.45. The molecule has 0 fully saturated rings. The number of aromatic nitrogens is 2. The maximum atomic E-state index is 12.0. The first-order valence-electron chi connectivity index (χ1n) is 5.79. The standard InChI is InChI=1S/C13H11IN2O4/c1-2-16-6-5-15-11(12(16)17)20-10-4-3-8(14)7-9(10)13(18)19/h3-7H,2H2,1H3,(H,18,19). The number of nitrogens with zero attached hydrogens (tertiary/aromatic N) is 2. The minimum Gasteiger partial charge on any atom is -0.478 e. The van der Waals surface area contributed by atoms with Gasteiger partial charge in [-0.1, -0.05) is 0 Å². The molecule has 6 nitrogen and oxygen atoms in total. The van der Waals surface area contributed by atoms with Gasteiger partial charge in [-0.05, 0) is 47.7 Å². The fraction of sp³-hybridized carbons (Fsp3) is 0.154. The molecule has 0 saturated heterocycles. The lowest BCUT2D eigenvalue weighted by molar-refractivity contribution is 0.0694. The highest BCUT2D eigenvalue weighted by molar-refractivity contribution is 14.1. The van der Waals surface area contributed by atoms with Gasteiger partial charge in [-0.15, -0.1) is 0 Å². The molecule has 1 aromatic carbocycles. The van der Waals surface area contributed by atoms with Crippen LogP contribution < -0.4 is 10.3 Å². The molecule has 0 aliphatic carbocycles. The summed E-state index contributed by atoms with van der Waals surface area (Å²) < 4.78 is 7.56. The summed E-state index contributed by atoms with van der Waals surface area (Å²) in [6.45, 7) is 2.30. The minimum atomic E-state index is -1.12. The normalized spacial score (nSPS) is 10.3. The number of halogens is 1.